The molecule has 1 aromatic rings. The number of aromatic amines is 1. The van der Waals surface area contributed by atoms with Crippen molar-refractivity contribution in [3.05, 3.63) is 17.7 Å². The van der Waals surface area contributed by atoms with Crippen LogP contribution in [0.2, 0.25) is 0 Å². The van der Waals surface area contributed by atoms with Crippen molar-refractivity contribution in [2.45, 2.75) is 32.7 Å². The summed E-state index contributed by atoms with van der Waals surface area (Å²) in [7, 11) is 1.92. The lowest BCUT2D eigenvalue weighted by Gasteiger charge is -2.15. The summed E-state index contributed by atoms with van der Waals surface area (Å²) < 4.78 is 0. The number of aromatic nitrogens is 2. The van der Waals surface area contributed by atoms with Gasteiger partial charge in [-0.1, -0.05) is 20.8 Å². The molecule has 3 nitrogen and oxygen atoms in total. The van der Waals surface area contributed by atoms with Gasteiger partial charge in [-0.2, -0.15) is 0 Å². The first-order valence-corrected chi connectivity index (χ1v) is 4.23. The van der Waals surface area contributed by atoms with Gasteiger partial charge in [-0.15, -0.1) is 0 Å². The molecule has 0 unspecified atom stereocenters. The fourth-order valence-electron chi connectivity index (χ4n) is 1.00. The average Bonchev–Trinajstić information content (AvgIpc) is 2.35. The lowest BCUT2D eigenvalue weighted by Crippen LogP contribution is -2.12. The van der Waals surface area contributed by atoms with Gasteiger partial charge in [0.05, 0.1) is 6.54 Å². The number of imidazole rings is 1. The van der Waals surface area contributed by atoms with E-state index in [2.05, 4.69) is 36.1 Å². The smallest absolute Gasteiger partial charge is 0.120 e. The molecule has 12 heavy (non-hydrogen) atoms. The van der Waals surface area contributed by atoms with Crippen LogP contribution in [0.15, 0.2) is 6.20 Å². The Morgan fingerprint density at radius 1 is 1.50 bits per heavy atom. The number of nitrogens with zero attached hydrogens (tertiary/aromatic N) is 1. The van der Waals surface area contributed by atoms with Crippen molar-refractivity contribution >= 4 is 0 Å². The highest BCUT2D eigenvalue weighted by Crippen LogP contribution is 2.19. The van der Waals surface area contributed by atoms with Gasteiger partial charge in [0.15, 0.2) is 0 Å². The van der Waals surface area contributed by atoms with Crippen molar-refractivity contribution in [3.63, 3.8) is 0 Å². The summed E-state index contributed by atoms with van der Waals surface area (Å²) >= 11 is 0. The Hall–Kier alpha value is -0.830. The van der Waals surface area contributed by atoms with Gasteiger partial charge >= 0.3 is 0 Å². The van der Waals surface area contributed by atoms with Gasteiger partial charge in [0.1, 0.15) is 5.82 Å². The van der Waals surface area contributed by atoms with Crippen molar-refractivity contribution in [1.29, 1.82) is 0 Å². The van der Waals surface area contributed by atoms with Crippen LogP contribution in [0.1, 0.15) is 32.3 Å². The Bertz CT molecular complexity index is 245. The maximum Gasteiger partial charge on any atom is 0.120 e. The first-order valence-electron chi connectivity index (χ1n) is 4.23. The molecule has 0 radical (unpaired) electrons. The van der Waals surface area contributed by atoms with Crippen LogP contribution in [-0.2, 0) is 12.0 Å². The quantitative estimate of drug-likeness (QED) is 0.699. The van der Waals surface area contributed by atoms with E-state index in [0.717, 1.165) is 12.4 Å². The molecule has 1 rings (SSSR count). The zero-order valence-electron chi connectivity index (χ0n) is 8.23. The highest BCUT2D eigenvalue weighted by molar-refractivity contribution is 5.11. The number of hydrogen-bond donors (Lipinski definition) is 2. The minimum absolute atomic E-state index is 0.166. The normalized spacial score (nSPS) is 12.0. The minimum atomic E-state index is 0.166. The van der Waals surface area contributed by atoms with E-state index < -0.39 is 0 Å². The highest BCUT2D eigenvalue weighted by atomic mass is 15.0. The molecule has 0 aromatic carbocycles. The first-order chi connectivity index (χ1) is 5.54. The van der Waals surface area contributed by atoms with Crippen molar-refractivity contribution < 1.29 is 0 Å². The van der Waals surface area contributed by atoms with Gasteiger partial charge in [0.2, 0.25) is 0 Å². The predicted molar refractivity (Wildman–Crippen MR) is 50.1 cm³/mol. The standard InChI is InChI=1S/C9H17N3/c1-9(2,3)7-5-11-8(12-7)6-10-4/h5,10H,6H2,1-4H3,(H,11,12). The molecule has 0 fully saturated rings. The molecule has 2 N–H and O–H groups in total. The van der Waals surface area contributed by atoms with Crippen molar-refractivity contribution in [1.82, 2.24) is 15.3 Å². The van der Waals surface area contributed by atoms with Crippen LogP contribution in [0.4, 0.5) is 0 Å². The molecule has 68 valence electrons. The highest BCUT2D eigenvalue weighted by Gasteiger charge is 2.15. The second kappa shape index (κ2) is 3.27. The summed E-state index contributed by atoms with van der Waals surface area (Å²) in [4.78, 5) is 7.53. The largest absolute Gasteiger partial charge is 0.344 e. The van der Waals surface area contributed by atoms with Crippen LogP contribution < -0.4 is 5.32 Å². The molecule has 0 aliphatic rings. The van der Waals surface area contributed by atoms with Crippen LogP contribution in [0.25, 0.3) is 0 Å². The fraction of sp³-hybridized carbons (Fsp3) is 0.667. The monoisotopic (exact) mass is 167 g/mol. The molecule has 1 heterocycles. The van der Waals surface area contributed by atoms with E-state index >= 15 is 0 Å². The average molecular weight is 167 g/mol. The van der Waals surface area contributed by atoms with Crippen molar-refractivity contribution in [3.8, 4) is 0 Å². The Balaban J connectivity index is 2.77. The SMILES string of the molecule is CNCc1ncc(C(C)(C)C)[nH]1. The number of hydrogen-bond acceptors (Lipinski definition) is 2. The Labute approximate surface area is 73.6 Å². The zero-order chi connectivity index (χ0) is 9.19. The minimum Gasteiger partial charge on any atom is -0.344 e. The third-order valence-corrected chi connectivity index (χ3v) is 1.78. The van der Waals surface area contributed by atoms with Crippen LogP contribution in [0.3, 0.4) is 0 Å². The van der Waals surface area contributed by atoms with Crippen LogP contribution >= 0.6 is 0 Å². The Morgan fingerprint density at radius 3 is 2.58 bits per heavy atom. The summed E-state index contributed by atoms with van der Waals surface area (Å²) in [6.07, 6.45) is 1.91. The lowest BCUT2D eigenvalue weighted by atomic mass is 9.93. The summed E-state index contributed by atoms with van der Waals surface area (Å²) in [6.45, 7) is 7.31. The summed E-state index contributed by atoms with van der Waals surface area (Å²) in [5.41, 5.74) is 1.35. The number of rotatable bonds is 2. The second-order valence-electron chi connectivity index (χ2n) is 4.02. The van der Waals surface area contributed by atoms with E-state index in [9.17, 15) is 0 Å². The van der Waals surface area contributed by atoms with Gasteiger partial charge in [-0.05, 0) is 7.05 Å². The fourth-order valence-corrected chi connectivity index (χ4v) is 1.00. The molecule has 0 amide bonds. The van der Waals surface area contributed by atoms with Crippen molar-refractivity contribution in [2.75, 3.05) is 7.05 Å². The van der Waals surface area contributed by atoms with E-state index in [0.29, 0.717) is 0 Å². The summed E-state index contributed by atoms with van der Waals surface area (Å²) in [5.74, 6) is 1.00. The number of nitrogens with one attached hydrogen (secondary N) is 2. The summed E-state index contributed by atoms with van der Waals surface area (Å²) in [5, 5.41) is 3.06. The lowest BCUT2D eigenvalue weighted by molar-refractivity contribution is 0.569. The molecule has 0 saturated heterocycles. The molecule has 0 spiro atoms. The van der Waals surface area contributed by atoms with Gasteiger partial charge < -0.3 is 10.3 Å². The van der Waals surface area contributed by atoms with Gasteiger partial charge in [0, 0.05) is 17.3 Å². The Morgan fingerprint density at radius 2 is 2.17 bits per heavy atom. The van der Waals surface area contributed by atoms with Crippen LogP contribution in [-0.4, -0.2) is 17.0 Å². The molecule has 0 saturated carbocycles. The molecule has 3 heteroatoms. The van der Waals surface area contributed by atoms with Gasteiger partial charge in [-0.25, -0.2) is 4.98 Å². The topological polar surface area (TPSA) is 40.7 Å². The molecular formula is C9H17N3. The van der Waals surface area contributed by atoms with Gasteiger partial charge in [0.25, 0.3) is 0 Å². The first kappa shape index (κ1) is 9.26. The van der Waals surface area contributed by atoms with Gasteiger partial charge in [-0.3, -0.25) is 0 Å². The molecule has 0 atom stereocenters. The van der Waals surface area contributed by atoms with Crippen LogP contribution in [0.5, 0.6) is 0 Å². The third-order valence-electron chi connectivity index (χ3n) is 1.78. The van der Waals surface area contributed by atoms with Crippen molar-refractivity contribution in [2.24, 2.45) is 0 Å². The molecule has 0 aliphatic carbocycles. The van der Waals surface area contributed by atoms with E-state index in [4.69, 9.17) is 0 Å². The second-order valence-corrected chi connectivity index (χ2v) is 4.02. The Kier molecular flexibility index (Phi) is 2.52. The summed E-state index contributed by atoms with van der Waals surface area (Å²) in [6, 6.07) is 0. The molecular weight excluding hydrogens is 150 g/mol. The number of H-pyrrole nitrogens is 1. The van der Waals surface area contributed by atoms with E-state index in [-0.39, 0.29) is 5.41 Å². The van der Waals surface area contributed by atoms with E-state index in [1.807, 2.05) is 13.2 Å². The molecule has 1 aromatic heterocycles. The maximum absolute atomic E-state index is 4.25. The molecule has 0 aliphatic heterocycles. The van der Waals surface area contributed by atoms with Crippen LogP contribution in [0, 0.1) is 0 Å². The molecule has 0 bridgehead atoms. The predicted octanol–water partition coefficient (Wildman–Crippen LogP) is 1.43. The zero-order valence-corrected chi connectivity index (χ0v) is 8.23. The third kappa shape index (κ3) is 2.08. The maximum atomic E-state index is 4.25. The van der Waals surface area contributed by atoms with E-state index in [1.54, 1.807) is 0 Å². The van der Waals surface area contributed by atoms with E-state index in [1.165, 1.54) is 5.69 Å².